The first-order valence-corrected chi connectivity index (χ1v) is 7.16. The fourth-order valence-corrected chi connectivity index (χ4v) is 2.08. The summed E-state index contributed by atoms with van der Waals surface area (Å²) in [5, 5.41) is 13.3. The molecular weight excluding hydrogens is 241 g/mol. The monoisotopic (exact) mass is 267 g/mol. The van der Waals surface area contributed by atoms with Gasteiger partial charge in [-0.25, -0.2) is 4.39 Å². The quantitative estimate of drug-likeness (QED) is 0.753. The number of nitrogens with one attached hydrogen (secondary N) is 1. The molecule has 0 aliphatic carbocycles. The van der Waals surface area contributed by atoms with Crippen molar-refractivity contribution in [2.75, 3.05) is 6.54 Å². The van der Waals surface area contributed by atoms with E-state index in [0.717, 1.165) is 12.3 Å². The lowest BCUT2D eigenvalue weighted by Gasteiger charge is -2.18. The van der Waals surface area contributed by atoms with E-state index in [1.807, 2.05) is 0 Å². The average molecular weight is 267 g/mol. The van der Waals surface area contributed by atoms with Gasteiger partial charge in [0.05, 0.1) is 6.10 Å². The number of aliphatic hydroxyl groups is 1. The predicted octanol–water partition coefficient (Wildman–Crippen LogP) is 3.66. The van der Waals surface area contributed by atoms with Crippen molar-refractivity contribution in [3.05, 3.63) is 35.6 Å². The molecule has 0 aromatic heterocycles. The van der Waals surface area contributed by atoms with E-state index in [0.29, 0.717) is 18.2 Å². The van der Waals surface area contributed by atoms with Gasteiger partial charge in [0.25, 0.3) is 0 Å². The molecule has 0 bridgehead atoms. The molecule has 19 heavy (non-hydrogen) atoms. The first kappa shape index (κ1) is 16.1. The van der Waals surface area contributed by atoms with Gasteiger partial charge in [0.1, 0.15) is 5.82 Å². The standard InChI is InChI=1S/C16H26FNO/c1-12(2)6-4-7-13(3)18-11-16(19)14-8-5-9-15(17)10-14/h5,8-10,12-13,16,18-19H,4,6-7,11H2,1-3H3. The van der Waals surface area contributed by atoms with Gasteiger partial charge < -0.3 is 10.4 Å². The van der Waals surface area contributed by atoms with E-state index >= 15 is 0 Å². The highest BCUT2D eigenvalue weighted by Crippen LogP contribution is 2.14. The zero-order chi connectivity index (χ0) is 14.3. The zero-order valence-electron chi connectivity index (χ0n) is 12.2. The van der Waals surface area contributed by atoms with Gasteiger partial charge in [0, 0.05) is 12.6 Å². The second kappa shape index (κ2) is 8.28. The molecule has 1 rings (SSSR count). The SMILES string of the molecule is CC(C)CCCC(C)NCC(O)c1cccc(F)c1. The van der Waals surface area contributed by atoms with Crippen molar-refractivity contribution in [2.45, 2.75) is 52.2 Å². The van der Waals surface area contributed by atoms with Crippen molar-refractivity contribution >= 4 is 0 Å². The lowest BCUT2D eigenvalue weighted by molar-refractivity contribution is 0.169. The summed E-state index contributed by atoms with van der Waals surface area (Å²) in [6.07, 6.45) is 2.89. The van der Waals surface area contributed by atoms with Crippen LogP contribution in [0.25, 0.3) is 0 Å². The molecule has 0 saturated heterocycles. The first-order chi connectivity index (χ1) is 8.99. The van der Waals surface area contributed by atoms with Crippen molar-refractivity contribution in [2.24, 2.45) is 5.92 Å². The number of benzene rings is 1. The minimum Gasteiger partial charge on any atom is -0.387 e. The van der Waals surface area contributed by atoms with Crippen molar-refractivity contribution in [1.82, 2.24) is 5.32 Å². The average Bonchev–Trinajstić information content (AvgIpc) is 2.35. The molecule has 3 heteroatoms. The predicted molar refractivity (Wildman–Crippen MR) is 77.5 cm³/mol. The van der Waals surface area contributed by atoms with Crippen LogP contribution < -0.4 is 5.32 Å². The number of hydrogen-bond donors (Lipinski definition) is 2. The van der Waals surface area contributed by atoms with Crippen LogP contribution in [0.3, 0.4) is 0 Å². The number of hydrogen-bond acceptors (Lipinski definition) is 2. The maximum atomic E-state index is 13.0. The Bertz CT molecular complexity index is 368. The van der Waals surface area contributed by atoms with Gasteiger partial charge >= 0.3 is 0 Å². The van der Waals surface area contributed by atoms with Gasteiger partial charge in [0.2, 0.25) is 0 Å². The summed E-state index contributed by atoms with van der Waals surface area (Å²) < 4.78 is 13.0. The van der Waals surface area contributed by atoms with E-state index in [1.165, 1.54) is 25.0 Å². The molecule has 0 fully saturated rings. The molecular formula is C16H26FNO. The molecule has 0 radical (unpaired) electrons. The molecule has 1 aromatic carbocycles. The number of halogens is 1. The fourth-order valence-electron chi connectivity index (χ4n) is 2.08. The number of aliphatic hydroxyl groups excluding tert-OH is 1. The summed E-state index contributed by atoms with van der Waals surface area (Å²) in [4.78, 5) is 0. The first-order valence-electron chi connectivity index (χ1n) is 7.16. The van der Waals surface area contributed by atoms with Crippen LogP contribution in [-0.2, 0) is 0 Å². The molecule has 2 unspecified atom stereocenters. The highest BCUT2D eigenvalue weighted by atomic mass is 19.1. The Morgan fingerprint density at radius 1 is 1.21 bits per heavy atom. The third-order valence-corrected chi connectivity index (χ3v) is 3.31. The molecule has 2 N–H and O–H groups in total. The third kappa shape index (κ3) is 6.69. The molecule has 2 atom stereocenters. The Morgan fingerprint density at radius 2 is 1.95 bits per heavy atom. The summed E-state index contributed by atoms with van der Waals surface area (Å²) in [5.41, 5.74) is 0.627. The Hall–Kier alpha value is -0.930. The minimum atomic E-state index is -0.650. The second-order valence-electron chi connectivity index (χ2n) is 5.70. The van der Waals surface area contributed by atoms with Crippen LogP contribution in [-0.4, -0.2) is 17.7 Å². The molecule has 0 amide bonds. The van der Waals surface area contributed by atoms with Gasteiger partial charge in [-0.15, -0.1) is 0 Å². The molecule has 0 saturated carbocycles. The second-order valence-corrected chi connectivity index (χ2v) is 5.70. The van der Waals surface area contributed by atoms with Crippen molar-refractivity contribution in [1.29, 1.82) is 0 Å². The van der Waals surface area contributed by atoms with Crippen LogP contribution in [0.15, 0.2) is 24.3 Å². The van der Waals surface area contributed by atoms with E-state index in [2.05, 4.69) is 26.1 Å². The molecule has 0 spiro atoms. The fraction of sp³-hybridized carbons (Fsp3) is 0.625. The van der Waals surface area contributed by atoms with Crippen LogP contribution in [0.4, 0.5) is 4.39 Å². The Morgan fingerprint density at radius 3 is 2.58 bits per heavy atom. The van der Waals surface area contributed by atoms with Crippen LogP contribution in [0.5, 0.6) is 0 Å². The van der Waals surface area contributed by atoms with E-state index in [9.17, 15) is 9.50 Å². The van der Waals surface area contributed by atoms with Crippen LogP contribution >= 0.6 is 0 Å². The summed E-state index contributed by atoms with van der Waals surface area (Å²) in [7, 11) is 0. The van der Waals surface area contributed by atoms with Gasteiger partial charge in [0.15, 0.2) is 0 Å². The highest BCUT2D eigenvalue weighted by Gasteiger charge is 2.10. The Balaban J connectivity index is 2.27. The zero-order valence-corrected chi connectivity index (χ0v) is 12.2. The normalized spacial score (nSPS) is 14.6. The summed E-state index contributed by atoms with van der Waals surface area (Å²) in [6.45, 7) is 7.04. The topological polar surface area (TPSA) is 32.3 Å². The van der Waals surface area contributed by atoms with Gasteiger partial charge in [-0.05, 0) is 37.0 Å². The van der Waals surface area contributed by atoms with Gasteiger partial charge in [-0.1, -0.05) is 38.8 Å². The van der Waals surface area contributed by atoms with Crippen LogP contribution in [0.1, 0.15) is 51.7 Å². The largest absolute Gasteiger partial charge is 0.387 e. The molecule has 0 aliphatic heterocycles. The summed E-state index contributed by atoms with van der Waals surface area (Å²) >= 11 is 0. The molecule has 0 aliphatic rings. The van der Waals surface area contributed by atoms with Gasteiger partial charge in [-0.2, -0.15) is 0 Å². The van der Waals surface area contributed by atoms with Crippen LogP contribution in [0.2, 0.25) is 0 Å². The van der Waals surface area contributed by atoms with E-state index in [4.69, 9.17) is 0 Å². The van der Waals surface area contributed by atoms with E-state index in [1.54, 1.807) is 12.1 Å². The Kier molecular flexibility index (Phi) is 7.03. The molecule has 2 nitrogen and oxygen atoms in total. The van der Waals surface area contributed by atoms with Crippen molar-refractivity contribution in [3.8, 4) is 0 Å². The van der Waals surface area contributed by atoms with E-state index < -0.39 is 6.10 Å². The highest BCUT2D eigenvalue weighted by molar-refractivity contribution is 5.18. The smallest absolute Gasteiger partial charge is 0.123 e. The van der Waals surface area contributed by atoms with Crippen molar-refractivity contribution in [3.63, 3.8) is 0 Å². The lowest BCUT2D eigenvalue weighted by atomic mass is 10.0. The molecule has 108 valence electrons. The maximum absolute atomic E-state index is 13.0. The summed E-state index contributed by atoms with van der Waals surface area (Å²) in [6, 6.07) is 6.52. The number of rotatable bonds is 8. The Labute approximate surface area is 116 Å². The third-order valence-electron chi connectivity index (χ3n) is 3.31. The lowest BCUT2D eigenvalue weighted by Crippen LogP contribution is -2.30. The molecule has 0 heterocycles. The maximum Gasteiger partial charge on any atom is 0.123 e. The van der Waals surface area contributed by atoms with E-state index in [-0.39, 0.29) is 5.82 Å². The summed E-state index contributed by atoms with van der Waals surface area (Å²) in [5.74, 6) is 0.437. The minimum absolute atomic E-state index is 0.304. The van der Waals surface area contributed by atoms with Crippen LogP contribution in [0, 0.1) is 11.7 Å². The van der Waals surface area contributed by atoms with Crippen molar-refractivity contribution < 1.29 is 9.50 Å². The van der Waals surface area contributed by atoms with Gasteiger partial charge in [-0.3, -0.25) is 0 Å². The molecule has 1 aromatic rings.